The number of para-hydroxylation sites is 1. The second-order valence-corrected chi connectivity index (χ2v) is 6.45. The summed E-state index contributed by atoms with van der Waals surface area (Å²) in [5.74, 6) is -0.935. The van der Waals surface area contributed by atoms with Crippen LogP contribution in [0.15, 0.2) is 53.1 Å². The molecule has 0 spiro atoms. The van der Waals surface area contributed by atoms with Crippen molar-refractivity contribution < 1.29 is 14.0 Å². The topological polar surface area (TPSA) is 89.2 Å². The molecule has 2 aromatic heterocycles. The molecule has 3 aromatic rings. The van der Waals surface area contributed by atoms with E-state index < -0.39 is 11.8 Å². The van der Waals surface area contributed by atoms with E-state index in [1.165, 1.54) is 0 Å². The van der Waals surface area contributed by atoms with Crippen LogP contribution < -0.4 is 10.6 Å². The van der Waals surface area contributed by atoms with Gasteiger partial charge in [0.05, 0.1) is 22.7 Å². The smallest absolute Gasteiger partial charge is 0.313 e. The molecule has 2 amide bonds. The van der Waals surface area contributed by atoms with E-state index >= 15 is 0 Å². The standard InChI is InChI=1S/C19H19ClN4O3/c1-12-10-13(2)24(23-12)16(17-8-5-9-27-17)11-21-18(25)19(26)22-15-7-4-3-6-14(15)20/h3-10,16H,11H2,1-2H3,(H,21,25)(H,22,26). The lowest BCUT2D eigenvalue weighted by Crippen LogP contribution is -2.39. The third kappa shape index (κ3) is 4.38. The largest absolute Gasteiger partial charge is 0.467 e. The summed E-state index contributed by atoms with van der Waals surface area (Å²) < 4.78 is 7.25. The number of carbonyl (C=O) groups is 2. The van der Waals surface area contributed by atoms with Crippen LogP contribution in [0.2, 0.25) is 5.02 Å². The second-order valence-electron chi connectivity index (χ2n) is 6.05. The number of anilines is 1. The number of rotatable bonds is 5. The van der Waals surface area contributed by atoms with E-state index in [0.29, 0.717) is 16.5 Å². The molecule has 2 N–H and O–H groups in total. The maximum absolute atomic E-state index is 12.2. The summed E-state index contributed by atoms with van der Waals surface area (Å²) >= 11 is 6.00. The van der Waals surface area contributed by atoms with Crippen LogP contribution >= 0.6 is 11.6 Å². The van der Waals surface area contributed by atoms with Crippen molar-refractivity contribution in [3.8, 4) is 0 Å². The first-order valence-corrected chi connectivity index (χ1v) is 8.73. The Labute approximate surface area is 161 Å². The zero-order valence-electron chi connectivity index (χ0n) is 14.9. The molecular weight excluding hydrogens is 368 g/mol. The molecule has 0 saturated heterocycles. The zero-order chi connectivity index (χ0) is 19.4. The maximum atomic E-state index is 12.2. The highest BCUT2D eigenvalue weighted by molar-refractivity contribution is 6.41. The molecule has 8 heteroatoms. The van der Waals surface area contributed by atoms with E-state index in [2.05, 4.69) is 15.7 Å². The Morgan fingerprint density at radius 1 is 1.19 bits per heavy atom. The quantitative estimate of drug-likeness (QED) is 0.659. The maximum Gasteiger partial charge on any atom is 0.313 e. The zero-order valence-corrected chi connectivity index (χ0v) is 15.7. The molecule has 0 saturated carbocycles. The molecule has 0 bridgehead atoms. The summed E-state index contributed by atoms with van der Waals surface area (Å²) in [4.78, 5) is 24.4. The summed E-state index contributed by atoms with van der Waals surface area (Å²) in [6.07, 6.45) is 1.56. The molecule has 7 nitrogen and oxygen atoms in total. The Morgan fingerprint density at radius 2 is 1.96 bits per heavy atom. The highest BCUT2D eigenvalue weighted by atomic mass is 35.5. The lowest BCUT2D eigenvalue weighted by Gasteiger charge is -2.18. The van der Waals surface area contributed by atoms with Gasteiger partial charge >= 0.3 is 11.8 Å². The minimum absolute atomic E-state index is 0.143. The molecule has 27 heavy (non-hydrogen) atoms. The number of hydrogen-bond acceptors (Lipinski definition) is 4. The van der Waals surface area contributed by atoms with Gasteiger partial charge in [-0.2, -0.15) is 5.10 Å². The molecule has 0 radical (unpaired) electrons. The highest BCUT2D eigenvalue weighted by Gasteiger charge is 2.22. The number of aryl methyl sites for hydroxylation is 2. The van der Waals surface area contributed by atoms with Gasteiger partial charge in [-0.25, -0.2) is 0 Å². The number of nitrogens with zero attached hydrogens (tertiary/aromatic N) is 2. The van der Waals surface area contributed by atoms with Crippen LogP contribution in [-0.4, -0.2) is 28.1 Å². The van der Waals surface area contributed by atoms with Crippen LogP contribution in [0.3, 0.4) is 0 Å². The number of furan rings is 1. The van der Waals surface area contributed by atoms with Crippen LogP contribution in [0.4, 0.5) is 5.69 Å². The first-order valence-electron chi connectivity index (χ1n) is 8.35. The summed E-state index contributed by atoms with van der Waals surface area (Å²) in [7, 11) is 0. The SMILES string of the molecule is Cc1cc(C)n(C(CNC(=O)C(=O)Nc2ccccc2Cl)c2ccco2)n1. The minimum Gasteiger partial charge on any atom is -0.467 e. The number of carbonyl (C=O) groups excluding carboxylic acids is 2. The van der Waals surface area contributed by atoms with Gasteiger partial charge in [0.25, 0.3) is 0 Å². The van der Waals surface area contributed by atoms with E-state index in [-0.39, 0.29) is 12.6 Å². The van der Waals surface area contributed by atoms with E-state index in [4.69, 9.17) is 16.0 Å². The minimum atomic E-state index is -0.797. The predicted molar refractivity (Wildman–Crippen MR) is 102 cm³/mol. The van der Waals surface area contributed by atoms with Gasteiger partial charge in [-0.15, -0.1) is 0 Å². The Morgan fingerprint density at radius 3 is 2.59 bits per heavy atom. The molecule has 1 unspecified atom stereocenters. The molecule has 1 aromatic carbocycles. The number of amides is 2. The van der Waals surface area contributed by atoms with E-state index in [1.54, 1.807) is 47.3 Å². The van der Waals surface area contributed by atoms with Gasteiger partial charge in [-0.3, -0.25) is 14.3 Å². The van der Waals surface area contributed by atoms with Crippen LogP contribution in [0.1, 0.15) is 23.2 Å². The molecule has 0 aliphatic carbocycles. The number of aromatic nitrogens is 2. The summed E-state index contributed by atoms with van der Waals surface area (Å²) in [5.41, 5.74) is 2.15. The predicted octanol–water partition coefficient (Wildman–Crippen LogP) is 3.09. The van der Waals surface area contributed by atoms with Crippen molar-refractivity contribution in [2.75, 3.05) is 11.9 Å². The average molecular weight is 387 g/mol. The van der Waals surface area contributed by atoms with Crippen LogP contribution in [0, 0.1) is 13.8 Å². The molecule has 2 heterocycles. The molecule has 0 aliphatic rings. The number of halogens is 1. The summed E-state index contributed by atoms with van der Waals surface area (Å²) in [5, 5.41) is 9.94. The van der Waals surface area contributed by atoms with E-state index in [9.17, 15) is 9.59 Å². The van der Waals surface area contributed by atoms with Crippen molar-refractivity contribution in [3.05, 3.63) is 70.9 Å². The third-order valence-electron chi connectivity index (χ3n) is 4.00. The number of benzene rings is 1. The lowest BCUT2D eigenvalue weighted by molar-refractivity contribution is -0.136. The molecule has 0 aliphatic heterocycles. The van der Waals surface area contributed by atoms with Gasteiger partial charge < -0.3 is 15.1 Å². The molecule has 140 valence electrons. The molecule has 1 atom stereocenters. The fourth-order valence-corrected chi connectivity index (χ4v) is 2.94. The average Bonchev–Trinajstić information content (AvgIpc) is 3.27. The van der Waals surface area contributed by atoms with Crippen molar-refractivity contribution in [1.29, 1.82) is 0 Å². The first kappa shape index (κ1) is 18.7. The van der Waals surface area contributed by atoms with Crippen LogP contribution in [0.25, 0.3) is 0 Å². The van der Waals surface area contributed by atoms with Crippen molar-refractivity contribution in [1.82, 2.24) is 15.1 Å². The number of nitrogens with one attached hydrogen (secondary N) is 2. The van der Waals surface area contributed by atoms with Crippen LogP contribution in [0.5, 0.6) is 0 Å². The molecular formula is C19H19ClN4O3. The van der Waals surface area contributed by atoms with Crippen LogP contribution in [-0.2, 0) is 9.59 Å². The summed E-state index contributed by atoms with van der Waals surface area (Å²) in [6, 6.07) is 11.8. The monoisotopic (exact) mass is 386 g/mol. The Kier molecular flexibility index (Phi) is 5.61. The van der Waals surface area contributed by atoms with E-state index in [1.807, 2.05) is 19.9 Å². The van der Waals surface area contributed by atoms with E-state index in [0.717, 1.165) is 11.4 Å². The Balaban J connectivity index is 1.70. The normalized spacial score (nSPS) is 11.8. The van der Waals surface area contributed by atoms with Gasteiger partial charge in [0.1, 0.15) is 11.8 Å². The van der Waals surface area contributed by atoms with Gasteiger partial charge in [0.2, 0.25) is 0 Å². The lowest BCUT2D eigenvalue weighted by atomic mass is 10.2. The molecule has 3 rings (SSSR count). The number of hydrogen-bond donors (Lipinski definition) is 2. The fourth-order valence-electron chi connectivity index (χ4n) is 2.76. The Bertz CT molecular complexity index is 950. The highest BCUT2D eigenvalue weighted by Crippen LogP contribution is 2.21. The van der Waals surface area contributed by atoms with Gasteiger partial charge in [-0.05, 0) is 44.2 Å². The summed E-state index contributed by atoms with van der Waals surface area (Å²) in [6.45, 7) is 3.95. The fraction of sp³-hybridized carbons (Fsp3) is 0.211. The molecule has 0 fully saturated rings. The Hall–Kier alpha value is -3.06. The van der Waals surface area contributed by atoms with Crippen molar-refractivity contribution in [2.24, 2.45) is 0 Å². The third-order valence-corrected chi connectivity index (χ3v) is 4.33. The van der Waals surface area contributed by atoms with Crippen molar-refractivity contribution in [2.45, 2.75) is 19.9 Å². The van der Waals surface area contributed by atoms with Crippen molar-refractivity contribution >= 4 is 29.1 Å². The van der Waals surface area contributed by atoms with Gasteiger partial charge in [-0.1, -0.05) is 23.7 Å². The first-order chi connectivity index (χ1) is 13.0. The van der Waals surface area contributed by atoms with Gasteiger partial charge in [0, 0.05) is 12.2 Å². The van der Waals surface area contributed by atoms with Crippen molar-refractivity contribution in [3.63, 3.8) is 0 Å². The van der Waals surface area contributed by atoms with Gasteiger partial charge in [0.15, 0.2) is 0 Å². The second kappa shape index (κ2) is 8.09.